The van der Waals surface area contributed by atoms with Crippen LogP contribution in [0.3, 0.4) is 0 Å². The Morgan fingerprint density at radius 1 is 0.808 bits per heavy atom. The van der Waals surface area contributed by atoms with Crippen LogP contribution < -0.4 is 10.5 Å². The van der Waals surface area contributed by atoms with Crippen LogP contribution in [0.2, 0.25) is 0 Å². The average molecular weight is 482 g/mol. The van der Waals surface area contributed by atoms with E-state index in [0.29, 0.717) is 5.56 Å². The second kappa shape index (κ2) is 7.91. The van der Waals surface area contributed by atoms with Gasteiger partial charge in [-0.05, 0) is 34.0 Å². The van der Waals surface area contributed by atoms with Crippen LogP contribution in [-0.4, -0.2) is 10.4 Å². The Balaban J connectivity index is 2.04. The van der Waals surface area contributed by atoms with Crippen LogP contribution in [0, 0.1) is 10.4 Å². The number of halogens is 2. The fraction of sp³-hybridized carbons (Fsp3) is 0.111. The van der Waals surface area contributed by atoms with E-state index in [9.17, 15) is 20.8 Å². The predicted octanol–water partition coefficient (Wildman–Crippen LogP) is 5.80. The highest BCUT2D eigenvalue weighted by Gasteiger charge is 2.25. The highest BCUT2D eigenvalue weighted by Crippen LogP contribution is 2.47. The van der Waals surface area contributed by atoms with Gasteiger partial charge >= 0.3 is 0 Å². The van der Waals surface area contributed by atoms with E-state index in [0.717, 1.165) is 22.4 Å². The number of fused-ring (bicyclic) bond motifs is 1. The minimum atomic E-state index is -0.587. The predicted molar refractivity (Wildman–Crippen MR) is 109 cm³/mol. The van der Waals surface area contributed by atoms with E-state index in [2.05, 4.69) is 31.9 Å². The van der Waals surface area contributed by atoms with E-state index in [1.165, 1.54) is 12.1 Å². The molecule has 2 unspecified atom stereocenters. The van der Waals surface area contributed by atoms with Crippen molar-refractivity contribution in [1.29, 1.82) is 0 Å². The summed E-state index contributed by atoms with van der Waals surface area (Å²) in [6.45, 7) is 0. The highest BCUT2D eigenvalue weighted by molar-refractivity contribution is 9.12. The molecule has 0 fully saturated rings. The average Bonchev–Trinajstić information content (AvgIpc) is 2.65. The molecular weight excluding hydrogens is 468 g/mol. The van der Waals surface area contributed by atoms with Crippen molar-refractivity contribution in [2.45, 2.75) is 9.65 Å². The molecule has 136 valence electrons. The molecule has 8 heteroatoms. The van der Waals surface area contributed by atoms with Crippen molar-refractivity contribution in [3.05, 3.63) is 82.2 Å². The third kappa shape index (κ3) is 3.71. The van der Waals surface area contributed by atoms with Gasteiger partial charge < -0.3 is 15.6 Å². The first-order valence-corrected chi connectivity index (χ1v) is 9.45. The number of benzene rings is 3. The monoisotopic (exact) mass is 480 g/mol. The lowest BCUT2D eigenvalue weighted by Crippen LogP contribution is -2.16. The molecule has 0 amide bonds. The van der Waals surface area contributed by atoms with Crippen LogP contribution in [0.4, 0.5) is 11.4 Å². The lowest BCUT2D eigenvalue weighted by Gasteiger charge is -2.38. The van der Waals surface area contributed by atoms with Gasteiger partial charge in [0, 0.05) is 5.69 Å². The van der Waals surface area contributed by atoms with Crippen molar-refractivity contribution in [1.82, 2.24) is 0 Å². The second-order valence-corrected chi connectivity index (χ2v) is 7.63. The van der Waals surface area contributed by atoms with Crippen LogP contribution in [0.15, 0.2) is 60.7 Å². The van der Waals surface area contributed by atoms with Crippen LogP contribution in [0.25, 0.3) is 10.8 Å². The van der Waals surface area contributed by atoms with E-state index in [4.69, 9.17) is 0 Å². The summed E-state index contributed by atoms with van der Waals surface area (Å²) < 4.78 is 0. The highest BCUT2D eigenvalue weighted by atomic mass is 79.9. The molecule has 3 rings (SSSR count). The van der Waals surface area contributed by atoms with E-state index < -0.39 is 5.23 Å². The number of hydrogen-bond donors (Lipinski definition) is 2. The van der Waals surface area contributed by atoms with Crippen LogP contribution in [0.5, 0.6) is 0 Å². The van der Waals surface area contributed by atoms with E-state index in [1.807, 2.05) is 42.5 Å². The zero-order valence-electron chi connectivity index (χ0n) is 13.3. The number of rotatable bonds is 5. The third-order valence-electron chi connectivity index (χ3n) is 4.11. The van der Waals surface area contributed by atoms with Gasteiger partial charge in [-0.15, -0.1) is 5.23 Å². The summed E-state index contributed by atoms with van der Waals surface area (Å²) in [7, 11) is 0. The molecule has 0 aromatic heterocycles. The Morgan fingerprint density at radius 3 is 2.15 bits per heavy atom. The normalized spacial score (nSPS) is 13.5. The van der Waals surface area contributed by atoms with Crippen molar-refractivity contribution in [3.8, 4) is 0 Å². The topological polar surface area (TPSA) is 93.1 Å². The largest absolute Gasteiger partial charge is 0.769 e. The first kappa shape index (κ1) is 19.1. The van der Waals surface area contributed by atoms with Gasteiger partial charge in [-0.25, -0.2) is 0 Å². The minimum absolute atomic E-state index is 0.0641. The van der Waals surface area contributed by atoms with Crippen molar-refractivity contribution < 1.29 is 10.4 Å². The molecule has 6 nitrogen and oxygen atoms in total. The van der Waals surface area contributed by atoms with Gasteiger partial charge in [0.2, 0.25) is 0 Å². The molecule has 2 N–H and O–H groups in total. The third-order valence-corrected chi connectivity index (χ3v) is 6.87. The number of anilines is 2. The molecule has 0 saturated carbocycles. The summed E-state index contributed by atoms with van der Waals surface area (Å²) in [6.07, 6.45) is 0. The quantitative estimate of drug-likeness (QED) is 0.353. The zero-order valence-corrected chi connectivity index (χ0v) is 16.5. The van der Waals surface area contributed by atoms with Crippen molar-refractivity contribution >= 4 is 54.0 Å². The van der Waals surface area contributed by atoms with Gasteiger partial charge in [0.15, 0.2) is 0 Å². The molecule has 0 aliphatic heterocycles. The Bertz CT molecular complexity index is 915. The van der Waals surface area contributed by atoms with Crippen LogP contribution >= 0.6 is 31.9 Å². The zero-order chi connectivity index (χ0) is 18.8. The van der Waals surface area contributed by atoms with Crippen LogP contribution in [-0.2, 0) is 0 Å². The van der Waals surface area contributed by atoms with Crippen molar-refractivity contribution in [2.24, 2.45) is 0 Å². The molecule has 3 aromatic rings. The summed E-state index contributed by atoms with van der Waals surface area (Å²) in [5.41, 5.74) is 1.21. The van der Waals surface area contributed by atoms with Crippen molar-refractivity contribution in [2.75, 3.05) is 10.5 Å². The maximum absolute atomic E-state index is 11.0. The van der Waals surface area contributed by atoms with Gasteiger partial charge in [0.1, 0.15) is 5.69 Å². The molecule has 0 heterocycles. The van der Waals surface area contributed by atoms with Gasteiger partial charge in [-0.2, -0.15) is 0 Å². The van der Waals surface area contributed by atoms with Gasteiger partial charge in [-0.3, -0.25) is 10.4 Å². The molecule has 0 bridgehead atoms. The van der Waals surface area contributed by atoms with Crippen LogP contribution in [0.1, 0.15) is 20.8 Å². The number of nitrogens with zero attached hydrogens (tertiary/aromatic N) is 2. The summed E-state index contributed by atoms with van der Waals surface area (Å²) in [6, 6.07) is 17.9. The minimum Gasteiger partial charge on any atom is -0.769 e. The molecule has 3 aromatic carbocycles. The lowest BCUT2D eigenvalue weighted by atomic mass is 9.97. The van der Waals surface area contributed by atoms with Gasteiger partial charge in [-0.1, -0.05) is 80.4 Å². The fourth-order valence-electron chi connectivity index (χ4n) is 2.86. The number of alkyl halides is 2. The van der Waals surface area contributed by atoms with E-state index in [-0.39, 0.29) is 26.3 Å². The lowest BCUT2D eigenvalue weighted by molar-refractivity contribution is 0.0287. The Labute approximate surface area is 166 Å². The molecule has 2 atom stereocenters. The molecule has 0 aliphatic rings. The Morgan fingerprint density at radius 2 is 1.46 bits per heavy atom. The summed E-state index contributed by atoms with van der Waals surface area (Å²) >= 11 is 7.27. The molecule has 0 radical (unpaired) electrons. The van der Waals surface area contributed by atoms with E-state index >= 15 is 0 Å². The molecule has 26 heavy (non-hydrogen) atoms. The first-order valence-electron chi connectivity index (χ1n) is 7.62. The maximum Gasteiger partial charge on any atom is 0.101 e. The molecular formula is C18H14Br2N2O4-2. The van der Waals surface area contributed by atoms with E-state index in [1.54, 1.807) is 0 Å². The van der Waals surface area contributed by atoms with Crippen molar-refractivity contribution in [3.63, 3.8) is 0 Å². The molecule has 0 saturated heterocycles. The first-order chi connectivity index (χ1) is 12.4. The molecule has 0 aliphatic carbocycles. The summed E-state index contributed by atoms with van der Waals surface area (Å²) in [5, 5.41) is 42.4. The second-order valence-electron chi connectivity index (χ2n) is 5.66. The Hall–Kier alpha value is -1.68. The molecule has 0 spiro atoms. The standard InChI is InChI=1S/C18H14Br2N2O4/c19-17(14-7-3-5-11-4-1-2-6-13(11)14)18(20)15-9-8-12(21(23)24)10-16(15)22(25)26/h1-10,17-18,25-26H/q-2. The summed E-state index contributed by atoms with van der Waals surface area (Å²) in [4.78, 5) is -0.584. The summed E-state index contributed by atoms with van der Waals surface area (Å²) in [5.74, 6) is 0. The van der Waals surface area contributed by atoms with Gasteiger partial charge in [0.25, 0.3) is 0 Å². The fourth-order valence-corrected chi connectivity index (χ4v) is 4.21. The van der Waals surface area contributed by atoms with Gasteiger partial charge in [0.05, 0.1) is 9.65 Å². The smallest absolute Gasteiger partial charge is 0.101 e. The number of hydrogen-bond acceptors (Lipinski definition) is 6. The SMILES string of the molecule is [O-]N([O-])c1ccc(C(Br)C(Br)c2cccc3ccccc23)c(N(O)O)c1. The Kier molecular flexibility index (Phi) is 5.81. The maximum atomic E-state index is 11.0.